The molecule has 0 radical (unpaired) electrons. The molecule has 1 rings (SSSR count). The van der Waals surface area contributed by atoms with Gasteiger partial charge < -0.3 is 5.73 Å². The summed E-state index contributed by atoms with van der Waals surface area (Å²) in [5, 5.41) is 9.57. The maximum absolute atomic E-state index is 10.2. The molecular formula is C5H6N4O. The Hall–Kier alpha value is -1.65. The maximum atomic E-state index is 10.2. The van der Waals surface area contributed by atoms with E-state index < -0.39 is 5.91 Å². The highest BCUT2D eigenvalue weighted by atomic mass is 16.1. The lowest BCUT2D eigenvalue weighted by Crippen LogP contribution is -2.05. The van der Waals surface area contributed by atoms with Crippen molar-refractivity contribution in [3.63, 3.8) is 0 Å². The van der Waals surface area contributed by atoms with E-state index in [2.05, 4.69) is 15.4 Å². The Morgan fingerprint density at radius 2 is 2.60 bits per heavy atom. The Bertz CT molecular complexity index is 238. The van der Waals surface area contributed by atoms with Crippen LogP contribution >= 0.6 is 0 Å². The first-order chi connectivity index (χ1) is 4.79. The smallest absolute Gasteiger partial charge is 0.241 e. The molecule has 5 nitrogen and oxygen atoms in total. The van der Waals surface area contributed by atoms with Crippen molar-refractivity contribution in [1.82, 2.24) is 15.4 Å². The minimum absolute atomic E-state index is 0.497. The number of hydrogen-bond acceptors (Lipinski definition) is 3. The van der Waals surface area contributed by atoms with Crippen molar-refractivity contribution in [2.24, 2.45) is 5.73 Å². The van der Waals surface area contributed by atoms with Crippen LogP contribution in [0.5, 0.6) is 0 Å². The molecule has 0 spiro atoms. The molecule has 0 unspecified atom stereocenters. The quantitative estimate of drug-likeness (QED) is 0.530. The van der Waals surface area contributed by atoms with Crippen LogP contribution < -0.4 is 5.73 Å². The third-order valence-electron chi connectivity index (χ3n) is 0.852. The Morgan fingerprint density at radius 1 is 1.80 bits per heavy atom. The molecular weight excluding hydrogens is 132 g/mol. The largest absolute Gasteiger partial charge is 0.366 e. The molecule has 0 saturated heterocycles. The highest BCUT2D eigenvalue weighted by Crippen LogP contribution is 1.90. The molecule has 0 bridgehead atoms. The minimum atomic E-state index is -0.497. The molecule has 0 aliphatic rings. The number of nitrogens with zero attached hydrogens (tertiary/aromatic N) is 2. The third kappa shape index (κ3) is 1.70. The molecule has 0 aliphatic carbocycles. The van der Waals surface area contributed by atoms with Gasteiger partial charge in [0.25, 0.3) is 0 Å². The number of nitrogens with two attached hydrogens (primary N) is 1. The zero-order chi connectivity index (χ0) is 7.40. The van der Waals surface area contributed by atoms with Crippen LogP contribution in [0, 0.1) is 0 Å². The zero-order valence-electron chi connectivity index (χ0n) is 5.11. The van der Waals surface area contributed by atoms with Gasteiger partial charge in [-0.3, -0.25) is 4.79 Å². The molecule has 3 N–H and O–H groups in total. The van der Waals surface area contributed by atoms with Crippen LogP contribution in [0.3, 0.4) is 0 Å². The van der Waals surface area contributed by atoms with Crippen molar-refractivity contribution in [2.75, 3.05) is 0 Å². The summed E-state index contributed by atoms with van der Waals surface area (Å²) < 4.78 is 0. The number of primary amides is 1. The molecule has 0 fully saturated rings. The second kappa shape index (κ2) is 2.77. The summed E-state index contributed by atoms with van der Waals surface area (Å²) in [7, 11) is 0. The first kappa shape index (κ1) is 6.47. The Kier molecular flexibility index (Phi) is 1.79. The Labute approximate surface area is 56.9 Å². The number of carbonyl (C=O) groups is 1. The fourth-order valence-electron chi connectivity index (χ4n) is 0.458. The van der Waals surface area contributed by atoms with Crippen LogP contribution in [0.25, 0.3) is 6.08 Å². The fourth-order valence-corrected chi connectivity index (χ4v) is 0.458. The fraction of sp³-hybridized carbons (Fsp3) is 0. The number of aromatic amines is 1. The number of nitrogens with one attached hydrogen (secondary N) is 1. The number of H-pyrrole nitrogens is 1. The number of carbonyl (C=O) groups excluding carboxylic acids is 1. The number of rotatable bonds is 2. The van der Waals surface area contributed by atoms with Gasteiger partial charge in [0.15, 0.2) is 0 Å². The van der Waals surface area contributed by atoms with Crippen LogP contribution in [0.4, 0.5) is 0 Å². The summed E-state index contributed by atoms with van der Waals surface area (Å²) in [4.78, 5) is 10.2. The van der Waals surface area contributed by atoms with E-state index in [0.29, 0.717) is 5.69 Å². The highest BCUT2D eigenvalue weighted by molar-refractivity contribution is 5.89. The Balaban J connectivity index is 2.64. The molecule has 1 amide bonds. The van der Waals surface area contributed by atoms with Gasteiger partial charge in [-0.05, 0) is 6.08 Å². The lowest BCUT2D eigenvalue weighted by atomic mass is 10.4. The standard InChI is InChI=1S/C5H6N4O/c6-5(10)2-1-4-3-7-9-8-4/h1-3H,(H2,6,10)(H,7,8,9)/b2-1+. The van der Waals surface area contributed by atoms with Crippen LogP contribution in [-0.2, 0) is 4.79 Å². The second-order valence-corrected chi connectivity index (χ2v) is 1.63. The molecule has 52 valence electrons. The van der Waals surface area contributed by atoms with Crippen molar-refractivity contribution in [1.29, 1.82) is 0 Å². The number of amides is 1. The van der Waals surface area contributed by atoms with Crippen molar-refractivity contribution in [3.05, 3.63) is 18.0 Å². The molecule has 0 saturated carbocycles. The first-order valence-electron chi connectivity index (χ1n) is 2.62. The van der Waals surface area contributed by atoms with Gasteiger partial charge in [-0.1, -0.05) is 0 Å². The predicted octanol–water partition coefficient (Wildman–Crippen LogP) is -0.697. The molecule has 0 aromatic carbocycles. The highest BCUT2D eigenvalue weighted by Gasteiger charge is 1.87. The molecule has 10 heavy (non-hydrogen) atoms. The molecule has 5 heteroatoms. The number of hydrogen-bond donors (Lipinski definition) is 2. The van der Waals surface area contributed by atoms with Crippen LogP contribution in [0.2, 0.25) is 0 Å². The Morgan fingerprint density at radius 3 is 3.10 bits per heavy atom. The summed E-state index contributed by atoms with van der Waals surface area (Å²) in [5.74, 6) is -0.497. The van der Waals surface area contributed by atoms with Gasteiger partial charge in [0.2, 0.25) is 5.91 Å². The van der Waals surface area contributed by atoms with E-state index in [4.69, 9.17) is 5.73 Å². The summed E-state index contributed by atoms with van der Waals surface area (Å²) in [5.41, 5.74) is 5.41. The topological polar surface area (TPSA) is 84.7 Å². The lowest BCUT2D eigenvalue weighted by Gasteiger charge is -1.77. The average molecular weight is 138 g/mol. The van der Waals surface area contributed by atoms with Gasteiger partial charge in [0.1, 0.15) is 5.69 Å². The van der Waals surface area contributed by atoms with E-state index in [1.54, 1.807) is 0 Å². The number of aromatic nitrogens is 3. The monoisotopic (exact) mass is 138 g/mol. The van der Waals surface area contributed by atoms with Crippen molar-refractivity contribution in [2.45, 2.75) is 0 Å². The van der Waals surface area contributed by atoms with Crippen LogP contribution in [0.1, 0.15) is 5.69 Å². The third-order valence-corrected chi connectivity index (χ3v) is 0.852. The molecule has 0 atom stereocenters. The van der Waals surface area contributed by atoms with Crippen LogP contribution in [0.15, 0.2) is 12.3 Å². The summed E-state index contributed by atoms with van der Waals surface area (Å²) >= 11 is 0. The minimum Gasteiger partial charge on any atom is -0.366 e. The normalized spacial score (nSPS) is 10.4. The van der Waals surface area contributed by atoms with Crippen molar-refractivity contribution >= 4 is 12.0 Å². The van der Waals surface area contributed by atoms with Crippen molar-refractivity contribution < 1.29 is 4.79 Å². The van der Waals surface area contributed by atoms with Crippen LogP contribution in [-0.4, -0.2) is 21.3 Å². The van der Waals surface area contributed by atoms with E-state index in [0.717, 1.165) is 0 Å². The first-order valence-corrected chi connectivity index (χ1v) is 2.62. The van der Waals surface area contributed by atoms with Crippen molar-refractivity contribution in [3.8, 4) is 0 Å². The summed E-state index contributed by atoms with van der Waals surface area (Å²) in [6.07, 6.45) is 4.18. The van der Waals surface area contributed by atoms with Gasteiger partial charge in [-0.2, -0.15) is 15.4 Å². The average Bonchev–Trinajstić information content (AvgIpc) is 2.34. The molecule has 1 aromatic heterocycles. The predicted molar refractivity (Wildman–Crippen MR) is 34.6 cm³/mol. The van der Waals surface area contributed by atoms with E-state index in [1.165, 1.54) is 18.3 Å². The lowest BCUT2D eigenvalue weighted by molar-refractivity contribution is -0.113. The van der Waals surface area contributed by atoms with Gasteiger partial charge in [0, 0.05) is 6.08 Å². The molecule has 1 aromatic rings. The van der Waals surface area contributed by atoms with Gasteiger partial charge in [-0.15, -0.1) is 0 Å². The molecule has 0 aliphatic heterocycles. The van der Waals surface area contributed by atoms with E-state index >= 15 is 0 Å². The zero-order valence-corrected chi connectivity index (χ0v) is 5.11. The van der Waals surface area contributed by atoms with E-state index in [-0.39, 0.29) is 0 Å². The van der Waals surface area contributed by atoms with Gasteiger partial charge >= 0.3 is 0 Å². The maximum Gasteiger partial charge on any atom is 0.241 e. The summed E-state index contributed by atoms with van der Waals surface area (Å²) in [6, 6.07) is 0. The SMILES string of the molecule is NC(=O)/C=C/c1cn[nH]n1. The van der Waals surface area contributed by atoms with E-state index in [9.17, 15) is 4.79 Å². The summed E-state index contributed by atoms with van der Waals surface area (Å²) in [6.45, 7) is 0. The second-order valence-electron chi connectivity index (χ2n) is 1.63. The molecule has 1 heterocycles. The van der Waals surface area contributed by atoms with E-state index in [1.807, 2.05) is 0 Å². The van der Waals surface area contributed by atoms with Gasteiger partial charge in [-0.25, -0.2) is 0 Å². The van der Waals surface area contributed by atoms with Gasteiger partial charge in [0.05, 0.1) is 6.20 Å².